The monoisotopic (exact) mass is 944 g/mol. The van der Waals surface area contributed by atoms with E-state index in [4.69, 9.17) is 4.98 Å². The fourth-order valence-corrected chi connectivity index (χ4v) is 11.1. The van der Waals surface area contributed by atoms with Gasteiger partial charge in [-0.2, -0.15) is 0 Å². The van der Waals surface area contributed by atoms with Crippen LogP contribution < -0.4 is 15.1 Å². The smallest absolute Gasteiger partial charge is 0.0953 e. The molecule has 1 unspecified atom stereocenters. The summed E-state index contributed by atoms with van der Waals surface area (Å²) in [6.45, 7) is 0. The zero-order valence-electron chi connectivity index (χ0n) is 40.5. The molecule has 1 aliphatic rings. The summed E-state index contributed by atoms with van der Waals surface area (Å²) in [6.07, 6.45) is 4.52. The topological polar surface area (TPSA) is 31.4 Å². The van der Waals surface area contributed by atoms with E-state index in [0.29, 0.717) is 0 Å². The van der Waals surface area contributed by atoms with E-state index in [2.05, 4.69) is 294 Å². The molecule has 0 amide bonds. The molecule has 0 saturated carbocycles. The van der Waals surface area contributed by atoms with Crippen LogP contribution in [-0.4, -0.2) is 4.98 Å². The lowest BCUT2D eigenvalue weighted by atomic mass is 9.92. The second-order valence-electron chi connectivity index (χ2n) is 19.2. The molecular weight excluding hydrogens is 897 g/mol. The SMILES string of the molecule is C1=CC(c2ccc3cc4cc(-c5ccc(N(c6ccc(N(c7ccccc7)c7ccccc7)cc6)c6ccc7ccccc7c6)cc5)ccc4cc3c2)Nc2c1ccc1c(-c3ccccc3)c3ccccc3nc21. The largest absolute Gasteiger partial charge is 0.372 e. The van der Waals surface area contributed by atoms with Gasteiger partial charge in [-0.05, 0) is 163 Å². The number of fused-ring (bicyclic) bond motifs is 7. The van der Waals surface area contributed by atoms with Crippen molar-refractivity contribution in [1.29, 1.82) is 0 Å². The fraction of sp³-hybridized carbons (Fsp3) is 0.0143. The van der Waals surface area contributed by atoms with Crippen LogP contribution in [0.15, 0.2) is 273 Å². The molecule has 0 radical (unpaired) electrons. The lowest BCUT2D eigenvalue weighted by molar-refractivity contribution is 0.984. The summed E-state index contributed by atoms with van der Waals surface area (Å²) in [7, 11) is 0. The van der Waals surface area contributed by atoms with E-state index in [1.165, 1.54) is 60.1 Å². The number of rotatable bonds is 9. The molecule has 348 valence electrons. The summed E-state index contributed by atoms with van der Waals surface area (Å²) >= 11 is 0. The van der Waals surface area contributed by atoms with Gasteiger partial charge in [0.1, 0.15) is 0 Å². The first-order valence-corrected chi connectivity index (χ1v) is 25.4. The Hall–Kier alpha value is -9.77. The number of anilines is 7. The Morgan fingerprint density at radius 3 is 1.58 bits per heavy atom. The Kier molecular flexibility index (Phi) is 10.5. The van der Waals surface area contributed by atoms with Gasteiger partial charge in [-0.3, -0.25) is 0 Å². The quantitative estimate of drug-likeness (QED) is 0.146. The van der Waals surface area contributed by atoms with E-state index >= 15 is 0 Å². The maximum absolute atomic E-state index is 5.29. The van der Waals surface area contributed by atoms with Crippen LogP contribution in [0.25, 0.3) is 82.5 Å². The zero-order valence-corrected chi connectivity index (χ0v) is 40.5. The molecular formula is C70H48N4. The second-order valence-corrected chi connectivity index (χ2v) is 19.2. The van der Waals surface area contributed by atoms with E-state index in [0.717, 1.165) is 67.2 Å². The molecule has 0 fully saturated rings. The van der Waals surface area contributed by atoms with E-state index in [9.17, 15) is 0 Å². The number of nitrogens with zero attached hydrogens (tertiary/aromatic N) is 3. The lowest BCUT2D eigenvalue weighted by Crippen LogP contribution is -2.13. The second kappa shape index (κ2) is 18.1. The standard InChI is InChI=1S/C70H48N4/c1-4-15-49(16-5-1)68-64-22-12-13-23-67(64)72-70-65(68)40-31-50-32-41-66(71-69(50)70)55-27-26-54-43-56-42-52(24-25-53(56)44-57(54)45-55)48-28-33-60(34-29-48)74(63-35-30-47-14-10-11-17-51(47)46-63)62-38-36-61(37-39-62)73(58-18-6-2-7-19-58)59-20-8-3-9-21-59/h1-46,66,71H. The molecule has 12 aromatic carbocycles. The molecule has 4 nitrogen and oxygen atoms in total. The number of benzene rings is 12. The third kappa shape index (κ3) is 7.77. The Balaban J connectivity index is 0.767. The zero-order chi connectivity index (χ0) is 49.0. The lowest BCUT2D eigenvalue weighted by Gasteiger charge is -2.28. The highest BCUT2D eigenvalue weighted by Crippen LogP contribution is 2.44. The maximum Gasteiger partial charge on any atom is 0.0953 e. The molecule has 2 heterocycles. The van der Waals surface area contributed by atoms with Crippen molar-refractivity contribution in [2.75, 3.05) is 15.1 Å². The predicted molar refractivity (Wildman–Crippen MR) is 314 cm³/mol. The van der Waals surface area contributed by atoms with Crippen LogP contribution in [0.1, 0.15) is 17.2 Å². The Morgan fingerprint density at radius 2 is 0.865 bits per heavy atom. The van der Waals surface area contributed by atoms with Crippen LogP contribution >= 0.6 is 0 Å². The summed E-state index contributed by atoms with van der Waals surface area (Å²) in [4.78, 5) is 9.95. The van der Waals surface area contributed by atoms with Crippen molar-refractivity contribution in [3.8, 4) is 22.3 Å². The van der Waals surface area contributed by atoms with E-state index in [1.54, 1.807) is 0 Å². The highest BCUT2D eigenvalue weighted by atomic mass is 15.2. The summed E-state index contributed by atoms with van der Waals surface area (Å²) in [5, 5.41) is 13.5. The molecule has 74 heavy (non-hydrogen) atoms. The van der Waals surface area contributed by atoms with Crippen LogP contribution in [0.2, 0.25) is 0 Å². The number of aromatic nitrogens is 1. The predicted octanol–water partition coefficient (Wildman–Crippen LogP) is 19.3. The van der Waals surface area contributed by atoms with Crippen LogP contribution in [0.3, 0.4) is 0 Å². The summed E-state index contributed by atoms with van der Waals surface area (Å²) < 4.78 is 0. The maximum atomic E-state index is 5.29. The number of pyridine rings is 1. The van der Waals surface area contributed by atoms with Gasteiger partial charge in [0, 0.05) is 50.5 Å². The van der Waals surface area contributed by atoms with Crippen LogP contribution in [-0.2, 0) is 0 Å². The van der Waals surface area contributed by atoms with Crippen molar-refractivity contribution < 1.29 is 0 Å². The molecule has 14 rings (SSSR count). The van der Waals surface area contributed by atoms with Crippen LogP contribution in [0.5, 0.6) is 0 Å². The first kappa shape index (κ1) is 43.1. The van der Waals surface area contributed by atoms with Gasteiger partial charge < -0.3 is 15.1 Å². The van der Waals surface area contributed by atoms with Crippen molar-refractivity contribution in [3.63, 3.8) is 0 Å². The van der Waals surface area contributed by atoms with Gasteiger partial charge in [0.15, 0.2) is 0 Å². The third-order valence-electron chi connectivity index (χ3n) is 14.7. The van der Waals surface area contributed by atoms with Crippen LogP contribution in [0.4, 0.5) is 39.8 Å². The van der Waals surface area contributed by atoms with Crippen molar-refractivity contribution in [1.82, 2.24) is 4.98 Å². The molecule has 0 spiro atoms. The van der Waals surface area contributed by atoms with Gasteiger partial charge in [0.2, 0.25) is 0 Å². The molecule has 1 aliphatic heterocycles. The minimum atomic E-state index is -0.00634. The first-order valence-electron chi connectivity index (χ1n) is 25.4. The van der Waals surface area contributed by atoms with Gasteiger partial charge in [-0.1, -0.05) is 176 Å². The van der Waals surface area contributed by atoms with E-state index < -0.39 is 0 Å². The highest BCUT2D eigenvalue weighted by molar-refractivity contribution is 6.13. The molecule has 1 atom stereocenters. The normalized spacial score (nSPS) is 13.1. The summed E-state index contributed by atoms with van der Waals surface area (Å²) in [6, 6.07) is 96.4. The van der Waals surface area contributed by atoms with Crippen molar-refractivity contribution in [2.45, 2.75) is 6.04 Å². The minimum absolute atomic E-state index is 0.00634. The Bertz CT molecular complexity index is 4230. The summed E-state index contributed by atoms with van der Waals surface area (Å²) in [5.74, 6) is 0. The average Bonchev–Trinajstić information content (AvgIpc) is 3.47. The van der Waals surface area contributed by atoms with Crippen molar-refractivity contribution in [2.24, 2.45) is 0 Å². The summed E-state index contributed by atoms with van der Waals surface area (Å²) in [5.41, 5.74) is 16.8. The number of hydrogen-bond donors (Lipinski definition) is 1. The molecule has 1 aromatic heterocycles. The molecule has 0 bridgehead atoms. The molecule has 1 N–H and O–H groups in total. The molecule has 0 aliphatic carbocycles. The minimum Gasteiger partial charge on any atom is -0.372 e. The highest BCUT2D eigenvalue weighted by Gasteiger charge is 2.22. The van der Waals surface area contributed by atoms with E-state index in [1.807, 2.05) is 0 Å². The van der Waals surface area contributed by atoms with Crippen molar-refractivity contribution >= 4 is 100 Å². The van der Waals surface area contributed by atoms with Gasteiger partial charge >= 0.3 is 0 Å². The van der Waals surface area contributed by atoms with E-state index in [-0.39, 0.29) is 6.04 Å². The van der Waals surface area contributed by atoms with Crippen LogP contribution in [0, 0.1) is 0 Å². The van der Waals surface area contributed by atoms with Gasteiger partial charge in [0.05, 0.1) is 22.8 Å². The number of para-hydroxylation sites is 3. The van der Waals surface area contributed by atoms with Gasteiger partial charge in [-0.15, -0.1) is 0 Å². The first-order chi connectivity index (χ1) is 36.6. The number of hydrogen-bond acceptors (Lipinski definition) is 4. The Labute approximate surface area is 430 Å². The average molecular weight is 945 g/mol. The molecule has 13 aromatic rings. The van der Waals surface area contributed by atoms with Gasteiger partial charge in [-0.25, -0.2) is 4.98 Å². The fourth-order valence-electron chi connectivity index (χ4n) is 11.1. The Morgan fingerprint density at radius 1 is 0.338 bits per heavy atom. The van der Waals surface area contributed by atoms with Crippen molar-refractivity contribution in [3.05, 3.63) is 284 Å². The number of nitrogens with one attached hydrogen (secondary N) is 1. The van der Waals surface area contributed by atoms with Gasteiger partial charge in [0.25, 0.3) is 0 Å². The third-order valence-corrected chi connectivity index (χ3v) is 14.7. The molecule has 0 saturated heterocycles. The molecule has 4 heteroatoms.